The quantitative estimate of drug-likeness (QED) is 0.911. The van der Waals surface area contributed by atoms with E-state index in [1.165, 1.54) is 0 Å². The smallest absolute Gasteiger partial charge is 0.271 e. The molecule has 0 radical (unpaired) electrons. The largest absolute Gasteiger partial charge is 0.393 e. The summed E-state index contributed by atoms with van der Waals surface area (Å²) >= 11 is 6.10. The molecule has 1 aliphatic carbocycles. The highest BCUT2D eigenvalue weighted by molar-refractivity contribution is 6.31. The molecule has 20 heavy (non-hydrogen) atoms. The molecule has 3 aliphatic rings. The van der Waals surface area contributed by atoms with Crippen molar-refractivity contribution in [1.82, 2.24) is 9.47 Å². The summed E-state index contributed by atoms with van der Waals surface area (Å²) in [6.07, 6.45) is 7.40. The number of nitrogens with zero attached hydrogens (tertiary/aromatic N) is 2. The van der Waals surface area contributed by atoms with E-state index >= 15 is 0 Å². The van der Waals surface area contributed by atoms with Crippen molar-refractivity contribution in [3.63, 3.8) is 0 Å². The second kappa shape index (κ2) is 4.50. The minimum atomic E-state index is -0.240. The van der Waals surface area contributed by atoms with Gasteiger partial charge >= 0.3 is 0 Å². The van der Waals surface area contributed by atoms with E-state index < -0.39 is 0 Å². The highest BCUT2D eigenvalue weighted by Crippen LogP contribution is 2.40. The van der Waals surface area contributed by atoms with Gasteiger partial charge in [-0.2, -0.15) is 0 Å². The van der Waals surface area contributed by atoms with Gasteiger partial charge in [0.1, 0.15) is 5.69 Å². The Labute approximate surface area is 123 Å². The van der Waals surface area contributed by atoms with Crippen molar-refractivity contribution in [3.8, 4) is 0 Å². The van der Waals surface area contributed by atoms with Crippen LogP contribution >= 0.6 is 11.6 Å². The molecule has 2 bridgehead atoms. The molecular formula is C15H19ClN2O2. The molecule has 2 saturated heterocycles. The average molecular weight is 295 g/mol. The third-order valence-electron chi connectivity index (χ3n) is 4.92. The predicted octanol–water partition coefficient (Wildman–Crippen LogP) is 2.60. The highest BCUT2D eigenvalue weighted by Gasteiger charge is 2.44. The molecule has 3 heterocycles. The molecule has 1 aromatic rings. The first-order chi connectivity index (χ1) is 9.63. The number of rotatable bonds is 2. The first-order valence-electron chi connectivity index (χ1n) is 7.51. The second-order valence-corrected chi connectivity index (χ2v) is 6.84. The molecule has 4 rings (SSSR count). The summed E-state index contributed by atoms with van der Waals surface area (Å²) in [4.78, 5) is 14.9. The number of aliphatic hydroxyl groups is 1. The molecule has 0 spiro atoms. The lowest BCUT2D eigenvalue weighted by molar-refractivity contribution is 0.0279. The fraction of sp³-hybridized carbons (Fsp3) is 0.667. The van der Waals surface area contributed by atoms with E-state index in [9.17, 15) is 9.90 Å². The number of hydrogen-bond acceptors (Lipinski definition) is 2. The van der Waals surface area contributed by atoms with Gasteiger partial charge in [-0.1, -0.05) is 11.6 Å². The number of fused-ring (bicyclic) bond motifs is 2. The Balaban J connectivity index is 1.64. The zero-order valence-electron chi connectivity index (χ0n) is 11.3. The Bertz CT molecular complexity index is 538. The van der Waals surface area contributed by atoms with E-state index in [-0.39, 0.29) is 24.1 Å². The van der Waals surface area contributed by atoms with Crippen molar-refractivity contribution in [2.75, 3.05) is 0 Å². The van der Waals surface area contributed by atoms with Crippen LogP contribution in [-0.2, 0) is 0 Å². The van der Waals surface area contributed by atoms with Gasteiger partial charge in [0.05, 0.1) is 11.1 Å². The normalized spacial score (nSPS) is 32.7. The van der Waals surface area contributed by atoms with Gasteiger partial charge in [0.25, 0.3) is 5.91 Å². The van der Waals surface area contributed by atoms with E-state index in [0.29, 0.717) is 11.1 Å². The van der Waals surface area contributed by atoms with Crippen LogP contribution < -0.4 is 0 Å². The Morgan fingerprint density at radius 1 is 1.15 bits per heavy atom. The van der Waals surface area contributed by atoms with Crippen LogP contribution in [0.15, 0.2) is 12.3 Å². The Morgan fingerprint density at radius 2 is 1.75 bits per heavy atom. The third-order valence-corrected chi connectivity index (χ3v) is 5.12. The number of carbonyl (C=O) groups excluding carboxylic acids is 1. The van der Waals surface area contributed by atoms with Gasteiger partial charge in [-0.3, -0.25) is 4.79 Å². The first-order valence-corrected chi connectivity index (χ1v) is 7.89. The van der Waals surface area contributed by atoms with Gasteiger partial charge in [0.2, 0.25) is 0 Å². The van der Waals surface area contributed by atoms with Crippen LogP contribution in [-0.4, -0.2) is 38.7 Å². The summed E-state index contributed by atoms with van der Waals surface area (Å²) in [6, 6.07) is 2.66. The minimum Gasteiger partial charge on any atom is -0.393 e. The number of aromatic nitrogens is 1. The summed E-state index contributed by atoms with van der Waals surface area (Å²) in [5.41, 5.74) is 0.728. The molecule has 3 fully saturated rings. The first kappa shape index (κ1) is 12.7. The van der Waals surface area contributed by atoms with Crippen LogP contribution in [0.3, 0.4) is 0 Å². The number of halogens is 1. The van der Waals surface area contributed by atoms with Crippen LogP contribution in [0.5, 0.6) is 0 Å². The van der Waals surface area contributed by atoms with Crippen molar-refractivity contribution >= 4 is 17.5 Å². The lowest BCUT2D eigenvalue weighted by atomic mass is 9.99. The van der Waals surface area contributed by atoms with Crippen LogP contribution in [0.2, 0.25) is 5.02 Å². The van der Waals surface area contributed by atoms with Crippen molar-refractivity contribution in [3.05, 3.63) is 23.0 Å². The summed E-state index contributed by atoms with van der Waals surface area (Å²) in [5.74, 6) is 0.100. The van der Waals surface area contributed by atoms with Gasteiger partial charge in [0, 0.05) is 24.3 Å². The maximum Gasteiger partial charge on any atom is 0.271 e. The topological polar surface area (TPSA) is 45.5 Å². The van der Waals surface area contributed by atoms with E-state index in [2.05, 4.69) is 4.57 Å². The average Bonchev–Trinajstić information content (AvgIpc) is 3.12. The van der Waals surface area contributed by atoms with Crippen LogP contribution in [0.1, 0.15) is 55.1 Å². The van der Waals surface area contributed by atoms with Crippen molar-refractivity contribution < 1.29 is 9.90 Å². The third kappa shape index (κ3) is 1.97. The lowest BCUT2D eigenvalue weighted by Gasteiger charge is -2.37. The fourth-order valence-corrected chi connectivity index (χ4v) is 4.09. The molecule has 108 valence electrons. The van der Waals surface area contributed by atoms with Crippen molar-refractivity contribution in [2.24, 2.45) is 0 Å². The van der Waals surface area contributed by atoms with E-state index in [0.717, 1.165) is 44.2 Å². The standard InChI is InChI=1S/C15H19ClN2O2/c16-9-5-14(17(8-9)10-1-2-10)15(20)18-11-3-4-12(18)7-13(19)6-11/h5,8,10-13,19H,1-4,6-7H2. The number of hydrogen-bond donors (Lipinski definition) is 1. The molecule has 4 nitrogen and oxygen atoms in total. The molecule has 0 aromatic carbocycles. The number of amides is 1. The highest BCUT2D eigenvalue weighted by atomic mass is 35.5. The fourth-order valence-electron chi connectivity index (χ4n) is 3.88. The molecule has 2 aliphatic heterocycles. The monoisotopic (exact) mass is 294 g/mol. The van der Waals surface area contributed by atoms with E-state index in [1.807, 2.05) is 11.1 Å². The van der Waals surface area contributed by atoms with Gasteiger partial charge in [-0.25, -0.2) is 0 Å². The Kier molecular flexibility index (Phi) is 2.86. The lowest BCUT2D eigenvalue weighted by Crippen LogP contribution is -2.48. The molecule has 1 amide bonds. The molecule has 2 atom stereocenters. The van der Waals surface area contributed by atoms with Crippen molar-refractivity contribution in [1.29, 1.82) is 0 Å². The zero-order valence-corrected chi connectivity index (χ0v) is 12.1. The number of piperidine rings is 1. The van der Waals surface area contributed by atoms with Crippen LogP contribution in [0.4, 0.5) is 0 Å². The number of aliphatic hydroxyl groups excluding tert-OH is 1. The molecule has 1 saturated carbocycles. The summed E-state index contributed by atoms with van der Waals surface area (Å²) in [7, 11) is 0. The van der Waals surface area contributed by atoms with Crippen molar-refractivity contribution in [2.45, 2.75) is 62.8 Å². The number of carbonyl (C=O) groups is 1. The summed E-state index contributed by atoms with van der Waals surface area (Å²) in [6.45, 7) is 0. The van der Waals surface area contributed by atoms with E-state index in [1.54, 1.807) is 6.07 Å². The Hall–Kier alpha value is -1.00. The SMILES string of the molecule is O=C(c1cc(Cl)cn1C1CC1)N1C2CCC1CC(O)C2. The van der Waals surface area contributed by atoms with E-state index in [4.69, 9.17) is 11.6 Å². The van der Waals surface area contributed by atoms with Crippen LogP contribution in [0, 0.1) is 0 Å². The Morgan fingerprint density at radius 3 is 2.35 bits per heavy atom. The summed E-state index contributed by atoms with van der Waals surface area (Å²) in [5, 5.41) is 10.5. The zero-order chi connectivity index (χ0) is 13.9. The molecular weight excluding hydrogens is 276 g/mol. The van der Waals surface area contributed by atoms with Gasteiger partial charge in [-0.05, 0) is 44.6 Å². The molecule has 5 heteroatoms. The second-order valence-electron chi connectivity index (χ2n) is 6.40. The maximum atomic E-state index is 12.9. The molecule has 2 unspecified atom stereocenters. The van der Waals surface area contributed by atoms with Crippen LogP contribution in [0.25, 0.3) is 0 Å². The summed E-state index contributed by atoms with van der Waals surface area (Å²) < 4.78 is 2.05. The van der Waals surface area contributed by atoms with Gasteiger partial charge < -0.3 is 14.6 Å². The molecule has 1 aromatic heterocycles. The van der Waals surface area contributed by atoms with Gasteiger partial charge in [0.15, 0.2) is 0 Å². The predicted molar refractivity (Wildman–Crippen MR) is 75.9 cm³/mol. The minimum absolute atomic E-state index is 0.100. The van der Waals surface area contributed by atoms with Gasteiger partial charge in [-0.15, -0.1) is 0 Å². The maximum absolute atomic E-state index is 12.9. The molecule has 1 N–H and O–H groups in total.